The lowest BCUT2D eigenvalue weighted by Gasteiger charge is -2.20. The SMILES string of the molecule is CCCNC(c1ccc(OC)cc1OC)c1occc1Br. The van der Waals surface area contributed by atoms with E-state index in [4.69, 9.17) is 13.9 Å². The number of furan rings is 1. The van der Waals surface area contributed by atoms with Gasteiger partial charge in [-0.05, 0) is 47.1 Å². The van der Waals surface area contributed by atoms with Crippen molar-refractivity contribution in [2.75, 3.05) is 20.8 Å². The first-order chi connectivity index (χ1) is 10.2. The third kappa shape index (κ3) is 3.60. The molecule has 1 atom stereocenters. The molecular formula is C16H20BrNO3. The van der Waals surface area contributed by atoms with E-state index in [1.807, 2.05) is 24.3 Å². The summed E-state index contributed by atoms with van der Waals surface area (Å²) in [5.41, 5.74) is 1.02. The van der Waals surface area contributed by atoms with Gasteiger partial charge in [-0.25, -0.2) is 0 Å². The molecule has 1 heterocycles. The number of hydrogen-bond acceptors (Lipinski definition) is 4. The molecule has 1 aromatic carbocycles. The summed E-state index contributed by atoms with van der Waals surface area (Å²) in [5, 5.41) is 3.50. The number of ether oxygens (including phenoxy) is 2. The lowest BCUT2D eigenvalue weighted by atomic mass is 10.0. The van der Waals surface area contributed by atoms with Crippen molar-refractivity contribution in [1.29, 1.82) is 0 Å². The van der Waals surface area contributed by atoms with E-state index in [2.05, 4.69) is 28.2 Å². The van der Waals surface area contributed by atoms with Gasteiger partial charge >= 0.3 is 0 Å². The van der Waals surface area contributed by atoms with Gasteiger partial charge in [0.15, 0.2) is 0 Å². The highest BCUT2D eigenvalue weighted by atomic mass is 79.9. The monoisotopic (exact) mass is 353 g/mol. The quantitative estimate of drug-likeness (QED) is 0.811. The molecule has 0 aliphatic heterocycles. The molecule has 0 bridgehead atoms. The number of rotatable bonds is 7. The van der Waals surface area contributed by atoms with E-state index in [0.717, 1.165) is 40.3 Å². The molecule has 1 aromatic heterocycles. The maximum atomic E-state index is 5.64. The number of methoxy groups -OCH3 is 2. The van der Waals surface area contributed by atoms with Gasteiger partial charge in [0, 0.05) is 11.6 Å². The first-order valence-corrected chi connectivity index (χ1v) is 7.68. The van der Waals surface area contributed by atoms with Crippen LogP contribution in [-0.4, -0.2) is 20.8 Å². The number of nitrogens with one attached hydrogen (secondary N) is 1. The molecule has 5 heteroatoms. The summed E-state index contributed by atoms with van der Waals surface area (Å²) in [4.78, 5) is 0. The van der Waals surface area contributed by atoms with Crippen molar-refractivity contribution >= 4 is 15.9 Å². The number of hydrogen-bond donors (Lipinski definition) is 1. The predicted octanol–water partition coefficient (Wildman–Crippen LogP) is 4.15. The highest BCUT2D eigenvalue weighted by molar-refractivity contribution is 9.10. The van der Waals surface area contributed by atoms with Gasteiger partial charge in [0.05, 0.1) is 31.0 Å². The zero-order chi connectivity index (χ0) is 15.2. The van der Waals surface area contributed by atoms with Crippen LogP contribution in [-0.2, 0) is 0 Å². The maximum Gasteiger partial charge on any atom is 0.139 e. The van der Waals surface area contributed by atoms with E-state index in [1.165, 1.54) is 0 Å². The third-order valence-electron chi connectivity index (χ3n) is 3.26. The molecule has 2 rings (SSSR count). The molecule has 0 radical (unpaired) electrons. The minimum Gasteiger partial charge on any atom is -0.497 e. The van der Waals surface area contributed by atoms with Gasteiger partial charge < -0.3 is 19.2 Å². The number of halogens is 1. The van der Waals surface area contributed by atoms with Crippen molar-refractivity contribution in [3.63, 3.8) is 0 Å². The van der Waals surface area contributed by atoms with Crippen molar-refractivity contribution in [1.82, 2.24) is 5.32 Å². The van der Waals surface area contributed by atoms with Crippen molar-refractivity contribution in [3.8, 4) is 11.5 Å². The fourth-order valence-electron chi connectivity index (χ4n) is 2.20. The van der Waals surface area contributed by atoms with E-state index in [0.29, 0.717) is 0 Å². The first-order valence-electron chi connectivity index (χ1n) is 6.89. The van der Waals surface area contributed by atoms with Crippen LogP contribution < -0.4 is 14.8 Å². The van der Waals surface area contributed by atoms with Gasteiger partial charge in [-0.1, -0.05) is 6.92 Å². The second-order valence-electron chi connectivity index (χ2n) is 4.63. The van der Waals surface area contributed by atoms with Crippen molar-refractivity contribution < 1.29 is 13.9 Å². The van der Waals surface area contributed by atoms with Crippen molar-refractivity contribution in [2.24, 2.45) is 0 Å². The molecule has 2 aromatic rings. The highest BCUT2D eigenvalue weighted by Crippen LogP contribution is 2.36. The van der Waals surface area contributed by atoms with Crippen LogP contribution >= 0.6 is 15.9 Å². The van der Waals surface area contributed by atoms with Crippen LogP contribution in [0.15, 0.2) is 39.4 Å². The van der Waals surface area contributed by atoms with Gasteiger partial charge in [-0.3, -0.25) is 0 Å². The van der Waals surface area contributed by atoms with Crippen molar-refractivity contribution in [2.45, 2.75) is 19.4 Å². The lowest BCUT2D eigenvalue weighted by molar-refractivity contribution is 0.380. The summed E-state index contributed by atoms with van der Waals surface area (Å²) >= 11 is 3.53. The Balaban J connectivity index is 2.43. The Kier molecular flexibility index (Phi) is 5.70. The Hall–Kier alpha value is -1.46. The maximum absolute atomic E-state index is 5.64. The zero-order valence-electron chi connectivity index (χ0n) is 12.5. The average Bonchev–Trinajstić information content (AvgIpc) is 2.94. The van der Waals surface area contributed by atoms with Crippen molar-refractivity contribution in [3.05, 3.63) is 46.3 Å². The van der Waals surface area contributed by atoms with E-state index in [9.17, 15) is 0 Å². The standard InChI is InChI=1S/C16H20BrNO3/c1-4-8-18-15(16-13(17)7-9-21-16)12-6-5-11(19-2)10-14(12)20-3/h5-7,9-10,15,18H,4,8H2,1-3H3. The van der Waals surface area contributed by atoms with Gasteiger partial charge in [0.2, 0.25) is 0 Å². The van der Waals surface area contributed by atoms with Gasteiger partial charge in [-0.15, -0.1) is 0 Å². The first kappa shape index (κ1) is 15.9. The average molecular weight is 354 g/mol. The molecule has 0 saturated carbocycles. The fraction of sp³-hybridized carbons (Fsp3) is 0.375. The Morgan fingerprint density at radius 2 is 2.05 bits per heavy atom. The van der Waals surface area contributed by atoms with Gasteiger partial charge in [0.25, 0.3) is 0 Å². The van der Waals surface area contributed by atoms with Crippen LogP contribution in [0.1, 0.15) is 30.7 Å². The molecule has 0 amide bonds. The molecule has 1 N–H and O–H groups in total. The van der Waals surface area contributed by atoms with E-state index in [1.54, 1.807) is 20.5 Å². The summed E-state index contributed by atoms with van der Waals surface area (Å²) in [7, 11) is 3.30. The third-order valence-corrected chi connectivity index (χ3v) is 3.91. The summed E-state index contributed by atoms with van der Waals surface area (Å²) in [6, 6.07) is 7.63. The van der Waals surface area contributed by atoms with Crippen LogP contribution in [0.25, 0.3) is 0 Å². The molecule has 0 aliphatic carbocycles. The number of benzene rings is 1. The molecule has 114 valence electrons. The second kappa shape index (κ2) is 7.52. The summed E-state index contributed by atoms with van der Waals surface area (Å²) in [5.74, 6) is 2.38. The zero-order valence-corrected chi connectivity index (χ0v) is 14.1. The van der Waals surface area contributed by atoms with E-state index in [-0.39, 0.29) is 6.04 Å². The molecule has 1 unspecified atom stereocenters. The lowest BCUT2D eigenvalue weighted by Crippen LogP contribution is -2.23. The smallest absolute Gasteiger partial charge is 0.139 e. The van der Waals surface area contributed by atoms with E-state index >= 15 is 0 Å². The molecule has 4 nitrogen and oxygen atoms in total. The van der Waals surface area contributed by atoms with E-state index < -0.39 is 0 Å². The topological polar surface area (TPSA) is 43.6 Å². The Morgan fingerprint density at radius 1 is 1.24 bits per heavy atom. The Labute approximate surface area is 133 Å². The van der Waals surface area contributed by atoms with Crippen LogP contribution in [0.5, 0.6) is 11.5 Å². The van der Waals surface area contributed by atoms with Gasteiger partial charge in [-0.2, -0.15) is 0 Å². The summed E-state index contributed by atoms with van der Waals surface area (Å²) < 4.78 is 17.3. The molecule has 0 saturated heterocycles. The summed E-state index contributed by atoms with van der Waals surface area (Å²) in [6.07, 6.45) is 2.71. The minimum absolute atomic E-state index is 0.0739. The Morgan fingerprint density at radius 3 is 2.62 bits per heavy atom. The molecule has 0 fully saturated rings. The summed E-state index contributed by atoms with van der Waals surface area (Å²) in [6.45, 7) is 3.01. The molecular weight excluding hydrogens is 334 g/mol. The molecule has 21 heavy (non-hydrogen) atoms. The normalized spacial score (nSPS) is 12.2. The van der Waals surface area contributed by atoms with Gasteiger partial charge in [0.1, 0.15) is 17.3 Å². The minimum atomic E-state index is -0.0739. The highest BCUT2D eigenvalue weighted by Gasteiger charge is 2.23. The Bertz CT molecular complexity index is 583. The largest absolute Gasteiger partial charge is 0.497 e. The predicted molar refractivity (Wildman–Crippen MR) is 86.1 cm³/mol. The van der Waals surface area contributed by atoms with Crippen LogP contribution in [0.4, 0.5) is 0 Å². The molecule has 0 aliphatic rings. The van der Waals surface area contributed by atoms with Crippen LogP contribution in [0.3, 0.4) is 0 Å². The van der Waals surface area contributed by atoms with Crippen LogP contribution in [0, 0.1) is 0 Å². The fourth-order valence-corrected chi connectivity index (χ4v) is 2.63. The van der Waals surface area contributed by atoms with Crippen LogP contribution in [0.2, 0.25) is 0 Å². The second-order valence-corrected chi connectivity index (χ2v) is 5.48. The molecule has 0 spiro atoms.